The minimum atomic E-state index is -0.399. The van der Waals surface area contributed by atoms with Crippen LogP contribution in [0.5, 0.6) is 0 Å². The van der Waals surface area contributed by atoms with Crippen LogP contribution >= 0.6 is 11.6 Å². The highest BCUT2D eigenvalue weighted by Crippen LogP contribution is 2.17. The zero-order chi connectivity index (χ0) is 13.4. The monoisotopic (exact) mass is 274 g/mol. The van der Waals surface area contributed by atoms with Crippen molar-refractivity contribution in [2.45, 2.75) is 32.2 Å². The molecule has 18 heavy (non-hydrogen) atoms. The van der Waals surface area contributed by atoms with Gasteiger partial charge in [-0.3, -0.25) is 11.3 Å². The van der Waals surface area contributed by atoms with Gasteiger partial charge in [-0.05, 0) is 37.0 Å². The Bertz CT molecular complexity index is 363. The van der Waals surface area contributed by atoms with Crippen LogP contribution in [0.1, 0.15) is 25.3 Å². The second-order valence-electron chi connectivity index (χ2n) is 4.22. The number of hydrogen-bond acceptors (Lipinski definition) is 3. The Labute approximate surface area is 112 Å². The number of ether oxygens (including phenoxy) is 1. The average molecular weight is 275 g/mol. The summed E-state index contributed by atoms with van der Waals surface area (Å²) >= 11 is 5.73. The van der Waals surface area contributed by atoms with Gasteiger partial charge in [0, 0.05) is 19.3 Å². The Hall–Kier alpha value is -0.680. The number of nitrogens with two attached hydrogens (primary N) is 1. The van der Waals surface area contributed by atoms with E-state index in [0.717, 1.165) is 25.0 Å². The second kappa shape index (κ2) is 8.43. The van der Waals surface area contributed by atoms with Crippen molar-refractivity contribution in [1.82, 2.24) is 5.43 Å². The molecule has 0 spiro atoms. The average Bonchev–Trinajstić information content (AvgIpc) is 2.37. The molecule has 0 saturated heterocycles. The molecule has 5 heteroatoms. The molecular formula is C13H20ClFN2O. The van der Waals surface area contributed by atoms with E-state index in [9.17, 15) is 4.39 Å². The van der Waals surface area contributed by atoms with Crippen LogP contribution in [0, 0.1) is 5.82 Å². The Balaban J connectivity index is 2.44. The topological polar surface area (TPSA) is 47.3 Å². The van der Waals surface area contributed by atoms with E-state index in [4.69, 9.17) is 22.2 Å². The lowest BCUT2D eigenvalue weighted by Crippen LogP contribution is -2.37. The SMILES string of the molecule is CCCOCCC(Cc1ccc(F)c(Cl)c1)NN. The zero-order valence-corrected chi connectivity index (χ0v) is 11.3. The first-order valence-corrected chi connectivity index (χ1v) is 6.53. The first kappa shape index (κ1) is 15.4. The number of nitrogens with one attached hydrogen (secondary N) is 1. The van der Waals surface area contributed by atoms with E-state index < -0.39 is 5.82 Å². The third-order valence-electron chi connectivity index (χ3n) is 2.66. The molecule has 0 aliphatic heterocycles. The van der Waals surface area contributed by atoms with E-state index in [1.54, 1.807) is 12.1 Å². The Morgan fingerprint density at radius 2 is 2.22 bits per heavy atom. The van der Waals surface area contributed by atoms with Crippen LogP contribution in [0.15, 0.2) is 18.2 Å². The molecular weight excluding hydrogens is 255 g/mol. The summed E-state index contributed by atoms with van der Waals surface area (Å²) in [6.45, 7) is 3.50. The summed E-state index contributed by atoms with van der Waals surface area (Å²) in [6.07, 6.45) is 2.52. The predicted molar refractivity (Wildman–Crippen MR) is 72.0 cm³/mol. The van der Waals surface area contributed by atoms with Gasteiger partial charge in [-0.2, -0.15) is 0 Å². The van der Waals surface area contributed by atoms with Crippen LogP contribution in [0.2, 0.25) is 5.02 Å². The summed E-state index contributed by atoms with van der Waals surface area (Å²) < 4.78 is 18.4. The molecule has 1 rings (SSSR count). The second-order valence-corrected chi connectivity index (χ2v) is 4.62. The van der Waals surface area contributed by atoms with Gasteiger partial charge in [0.05, 0.1) is 5.02 Å². The van der Waals surface area contributed by atoms with Gasteiger partial charge in [0.2, 0.25) is 0 Å². The van der Waals surface area contributed by atoms with Gasteiger partial charge in [-0.25, -0.2) is 4.39 Å². The van der Waals surface area contributed by atoms with Crippen LogP contribution in [0.4, 0.5) is 4.39 Å². The van der Waals surface area contributed by atoms with E-state index in [1.165, 1.54) is 6.07 Å². The van der Waals surface area contributed by atoms with Crippen molar-refractivity contribution in [3.8, 4) is 0 Å². The van der Waals surface area contributed by atoms with Crippen LogP contribution in [0.25, 0.3) is 0 Å². The fourth-order valence-electron chi connectivity index (χ4n) is 1.67. The normalized spacial score (nSPS) is 12.7. The Kier molecular flexibility index (Phi) is 7.20. The van der Waals surface area contributed by atoms with E-state index in [-0.39, 0.29) is 11.1 Å². The summed E-state index contributed by atoms with van der Waals surface area (Å²) in [7, 11) is 0. The van der Waals surface area contributed by atoms with Gasteiger partial charge in [-0.15, -0.1) is 0 Å². The molecule has 1 unspecified atom stereocenters. The van der Waals surface area contributed by atoms with Crippen molar-refractivity contribution in [3.63, 3.8) is 0 Å². The first-order valence-electron chi connectivity index (χ1n) is 6.15. The van der Waals surface area contributed by atoms with Crippen molar-refractivity contribution in [2.24, 2.45) is 5.84 Å². The molecule has 0 bridgehead atoms. The number of halogens is 2. The minimum absolute atomic E-state index is 0.100. The van der Waals surface area contributed by atoms with Gasteiger partial charge >= 0.3 is 0 Å². The van der Waals surface area contributed by atoms with Gasteiger partial charge in [-0.1, -0.05) is 24.6 Å². The van der Waals surface area contributed by atoms with E-state index in [2.05, 4.69) is 12.3 Å². The molecule has 0 radical (unpaired) electrons. The van der Waals surface area contributed by atoms with Crippen LogP contribution in [-0.4, -0.2) is 19.3 Å². The molecule has 0 aromatic heterocycles. The summed E-state index contributed by atoms with van der Waals surface area (Å²) in [4.78, 5) is 0. The minimum Gasteiger partial charge on any atom is -0.381 e. The van der Waals surface area contributed by atoms with Crippen LogP contribution < -0.4 is 11.3 Å². The number of benzene rings is 1. The molecule has 0 aliphatic carbocycles. The smallest absolute Gasteiger partial charge is 0.141 e. The fourth-order valence-corrected chi connectivity index (χ4v) is 1.87. The quantitative estimate of drug-likeness (QED) is 0.435. The van der Waals surface area contributed by atoms with E-state index >= 15 is 0 Å². The molecule has 3 N–H and O–H groups in total. The standard InChI is InChI=1S/C13H20ClFN2O/c1-2-6-18-7-5-11(17-16)8-10-3-4-13(15)12(14)9-10/h3-4,9,11,17H,2,5-8,16H2,1H3. The summed E-state index contributed by atoms with van der Waals surface area (Å²) in [5, 5.41) is 0.144. The third-order valence-corrected chi connectivity index (χ3v) is 2.95. The molecule has 0 fully saturated rings. The van der Waals surface area contributed by atoms with E-state index in [0.29, 0.717) is 13.0 Å². The highest BCUT2D eigenvalue weighted by Gasteiger charge is 2.09. The number of hydrazine groups is 1. The highest BCUT2D eigenvalue weighted by atomic mass is 35.5. The number of hydrogen-bond donors (Lipinski definition) is 2. The van der Waals surface area contributed by atoms with Gasteiger partial charge in [0.15, 0.2) is 0 Å². The zero-order valence-electron chi connectivity index (χ0n) is 10.6. The maximum atomic E-state index is 13.0. The van der Waals surface area contributed by atoms with Crippen molar-refractivity contribution in [2.75, 3.05) is 13.2 Å². The molecule has 0 aliphatic rings. The van der Waals surface area contributed by atoms with Crippen LogP contribution in [-0.2, 0) is 11.2 Å². The Morgan fingerprint density at radius 3 is 2.83 bits per heavy atom. The summed E-state index contributed by atoms with van der Waals surface area (Å²) in [5.41, 5.74) is 3.70. The van der Waals surface area contributed by atoms with Crippen molar-refractivity contribution >= 4 is 11.6 Å². The molecule has 0 heterocycles. The van der Waals surface area contributed by atoms with E-state index in [1.807, 2.05) is 0 Å². The van der Waals surface area contributed by atoms with Gasteiger partial charge < -0.3 is 4.74 Å². The molecule has 102 valence electrons. The maximum Gasteiger partial charge on any atom is 0.141 e. The highest BCUT2D eigenvalue weighted by molar-refractivity contribution is 6.30. The molecule has 3 nitrogen and oxygen atoms in total. The summed E-state index contributed by atoms with van der Waals surface area (Å²) in [6, 6.07) is 4.83. The summed E-state index contributed by atoms with van der Waals surface area (Å²) in [5.74, 6) is 5.09. The first-order chi connectivity index (χ1) is 8.67. The molecule has 1 aromatic rings. The Morgan fingerprint density at radius 1 is 1.44 bits per heavy atom. The molecule has 0 amide bonds. The van der Waals surface area contributed by atoms with Crippen molar-refractivity contribution < 1.29 is 9.13 Å². The molecule has 1 aromatic carbocycles. The molecule has 0 saturated carbocycles. The van der Waals surface area contributed by atoms with Crippen molar-refractivity contribution in [3.05, 3.63) is 34.6 Å². The van der Waals surface area contributed by atoms with Crippen molar-refractivity contribution in [1.29, 1.82) is 0 Å². The number of rotatable bonds is 8. The lowest BCUT2D eigenvalue weighted by Gasteiger charge is -2.16. The predicted octanol–water partition coefficient (Wildman–Crippen LogP) is 2.67. The van der Waals surface area contributed by atoms with Gasteiger partial charge in [0.25, 0.3) is 0 Å². The lowest BCUT2D eigenvalue weighted by atomic mass is 10.0. The lowest BCUT2D eigenvalue weighted by molar-refractivity contribution is 0.124. The fraction of sp³-hybridized carbons (Fsp3) is 0.538. The largest absolute Gasteiger partial charge is 0.381 e. The third kappa shape index (κ3) is 5.31. The van der Waals surface area contributed by atoms with Gasteiger partial charge in [0.1, 0.15) is 5.82 Å². The van der Waals surface area contributed by atoms with Crippen LogP contribution in [0.3, 0.4) is 0 Å². The maximum absolute atomic E-state index is 13.0. The molecule has 1 atom stereocenters.